The maximum atomic E-state index is 5.83. The summed E-state index contributed by atoms with van der Waals surface area (Å²) in [6.45, 7) is 1.91. The number of hydrogen-bond acceptors (Lipinski definition) is 1. The van der Waals surface area contributed by atoms with Crippen molar-refractivity contribution >= 4 is 32.8 Å². The van der Waals surface area contributed by atoms with E-state index in [0.717, 1.165) is 15.1 Å². The quantitative estimate of drug-likeness (QED) is 0.553. The molecule has 0 N–H and O–H groups in total. The molecule has 1 aromatic rings. The van der Waals surface area contributed by atoms with Crippen LogP contribution in [0, 0.1) is 6.92 Å². The monoisotopic (exact) mass is 203 g/mol. The summed E-state index contributed by atoms with van der Waals surface area (Å²) in [7, 11) is 0. The van der Waals surface area contributed by atoms with Gasteiger partial charge in [0.25, 0.3) is 0 Å². The first kappa shape index (κ1) is 7.11. The van der Waals surface area contributed by atoms with Crippen molar-refractivity contribution in [2.75, 3.05) is 0 Å². The first-order chi connectivity index (χ1) is 4.22. The first-order valence-electron chi connectivity index (χ1n) is 2.58. The molecule has 0 aliphatic rings. The molecule has 0 aliphatic heterocycles. The van der Waals surface area contributed by atoms with Gasteiger partial charge in [0.05, 0.1) is 0 Å². The summed E-state index contributed by atoms with van der Waals surface area (Å²) in [6, 6.07) is 1.93. The van der Waals surface area contributed by atoms with E-state index >= 15 is 0 Å². The molecule has 0 radical (unpaired) electrons. The SMILES string of the molecule is Cc1nccc([AsH2])c1Cl. The van der Waals surface area contributed by atoms with Crippen molar-refractivity contribution in [2.24, 2.45) is 0 Å². The van der Waals surface area contributed by atoms with Gasteiger partial charge in [-0.15, -0.1) is 0 Å². The van der Waals surface area contributed by atoms with Gasteiger partial charge in [-0.25, -0.2) is 0 Å². The van der Waals surface area contributed by atoms with Crippen LogP contribution in [0.15, 0.2) is 12.3 Å². The Morgan fingerprint density at radius 2 is 2.33 bits per heavy atom. The third kappa shape index (κ3) is 1.47. The molecular formula is C6H7AsClN. The van der Waals surface area contributed by atoms with Crippen molar-refractivity contribution < 1.29 is 0 Å². The second kappa shape index (κ2) is 2.72. The topological polar surface area (TPSA) is 12.9 Å². The number of halogens is 1. The van der Waals surface area contributed by atoms with Crippen LogP contribution in [-0.2, 0) is 0 Å². The zero-order valence-corrected chi connectivity index (χ0v) is 8.24. The van der Waals surface area contributed by atoms with E-state index in [9.17, 15) is 0 Å². The Hall–Kier alpha value is -0.00156. The third-order valence-electron chi connectivity index (χ3n) is 1.09. The zero-order chi connectivity index (χ0) is 6.85. The summed E-state index contributed by atoms with van der Waals surface area (Å²) in [5.41, 5.74) is 0.915. The van der Waals surface area contributed by atoms with Crippen LogP contribution in [0.3, 0.4) is 0 Å². The van der Waals surface area contributed by atoms with Crippen LogP contribution >= 0.6 is 11.6 Å². The molecule has 0 spiro atoms. The van der Waals surface area contributed by atoms with Crippen molar-refractivity contribution in [2.45, 2.75) is 6.92 Å². The normalized spacial score (nSPS) is 9.67. The van der Waals surface area contributed by atoms with E-state index < -0.39 is 0 Å². The van der Waals surface area contributed by atoms with Crippen molar-refractivity contribution in [1.29, 1.82) is 0 Å². The predicted octanol–water partition coefficient (Wildman–Crippen LogP) is 0.302. The fraction of sp³-hybridized carbons (Fsp3) is 0.167. The Morgan fingerprint density at radius 3 is 2.78 bits per heavy atom. The number of rotatable bonds is 0. The van der Waals surface area contributed by atoms with E-state index in [0.29, 0.717) is 0 Å². The summed E-state index contributed by atoms with van der Waals surface area (Å²) < 4.78 is 1.15. The van der Waals surface area contributed by atoms with Crippen molar-refractivity contribution in [3.05, 3.63) is 23.0 Å². The van der Waals surface area contributed by atoms with Crippen molar-refractivity contribution in [3.8, 4) is 0 Å². The number of hydrogen-bond donors (Lipinski definition) is 0. The molecule has 0 saturated heterocycles. The van der Waals surface area contributed by atoms with Gasteiger partial charge in [-0.1, -0.05) is 0 Å². The van der Waals surface area contributed by atoms with Crippen LogP contribution in [0.25, 0.3) is 0 Å². The van der Waals surface area contributed by atoms with Crippen LogP contribution in [-0.4, -0.2) is 21.8 Å². The van der Waals surface area contributed by atoms with E-state index in [1.54, 1.807) is 6.20 Å². The molecule has 3 heteroatoms. The molecule has 0 saturated carbocycles. The molecule has 1 heterocycles. The average molecular weight is 204 g/mol. The molecule has 1 aromatic heterocycles. The second-order valence-electron chi connectivity index (χ2n) is 1.80. The Kier molecular flexibility index (Phi) is 2.15. The molecule has 0 bridgehead atoms. The third-order valence-corrected chi connectivity index (χ3v) is 2.98. The van der Waals surface area contributed by atoms with Gasteiger partial charge in [0.2, 0.25) is 0 Å². The maximum absolute atomic E-state index is 5.83. The van der Waals surface area contributed by atoms with Gasteiger partial charge >= 0.3 is 67.7 Å². The van der Waals surface area contributed by atoms with E-state index in [1.807, 2.05) is 13.0 Å². The molecule has 1 atom stereocenters. The molecule has 9 heavy (non-hydrogen) atoms. The zero-order valence-electron chi connectivity index (χ0n) is 5.06. The van der Waals surface area contributed by atoms with Crippen LogP contribution < -0.4 is 4.35 Å². The fourth-order valence-electron chi connectivity index (χ4n) is 0.568. The molecule has 0 aromatic carbocycles. The Bertz CT molecular complexity index is 204. The summed E-state index contributed by atoms with van der Waals surface area (Å²) in [5, 5.41) is 0.803. The molecule has 48 valence electrons. The van der Waals surface area contributed by atoms with Crippen LogP contribution in [0.1, 0.15) is 5.69 Å². The van der Waals surface area contributed by atoms with Crippen molar-refractivity contribution in [1.82, 2.24) is 4.98 Å². The standard InChI is InChI=1S/C6H7AsClN/c1-4-6(8)5(7)2-3-9-4/h2-3H,7H2,1H3. The van der Waals surface area contributed by atoms with Crippen LogP contribution in [0.4, 0.5) is 0 Å². The number of aryl methyl sites for hydroxylation is 1. The number of aromatic nitrogens is 1. The van der Waals surface area contributed by atoms with Crippen LogP contribution in [0.2, 0.25) is 5.02 Å². The Morgan fingerprint density at radius 1 is 1.67 bits per heavy atom. The molecule has 1 unspecified atom stereocenters. The van der Waals surface area contributed by atoms with E-state index in [4.69, 9.17) is 11.6 Å². The molecule has 0 fully saturated rings. The summed E-state index contributed by atoms with van der Waals surface area (Å²) in [5.74, 6) is 0. The molecular weight excluding hydrogens is 196 g/mol. The van der Waals surface area contributed by atoms with Gasteiger partial charge in [0, 0.05) is 0 Å². The van der Waals surface area contributed by atoms with E-state index in [2.05, 4.69) is 4.98 Å². The van der Waals surface area contributed by atoms with Gasteiger partial charge in [-0.3, -0.25) is 0 Å². The minimum atomic E-state index is 0.803. The molecule has 0 amide bonds. The van der Waals surface area contributed by atoms with Crippen LogP contribution in [0.5, 0.6) is 0 Å². The van der Waals surface area contributed by atoms with Crippen molar-refractivity contribution in [3.63, 3.8) is 0 Å². The minimum absolute atomic E-state index is 0.803. The van der Waals surface area contributed by atoms with Gasteiger partial charge in [0.15, 0.2) is 0 Å². The summed E-state index contributed by atoms with van der Waals surface area (Å²) in [6.07, 6.45) is 1.78. The Labute approximate surface area is 67.9 Å². The second-order valence-corrected chi connectivity index (χ2v) is 3.48. The van der Waals surface area contributed by atoms with Gasteiger partial charge in [-0.2, -0.15) is 0 Å². The molecule has 1 rings (SSSR count). The summed E-state index contributed by atoms with van der Waals surface area (Å²) in [4.78, 5) is 4.02. The molecule has 0 aliphatic carbocycles. The molecule has 1 nitrogen and oxygen atoms in total. The van der Waals surface area contributed by atoms with Gasteiger partial charge in [0.1, 0.15) is 0 Å². The van der Waals surface area contributed by atoms with E-state index in [1.165, 1.54) is 16.9 Å². The number of pyridine rings is 1. The summed E-state index contributed by atoms with van der Waals surface area (Å²) >= 11 is 7.37. The fourth-order valence-corrected chi connectivity index (χ4v) is 1.30. The average Bonchev–Trinajstić information content (AvgIpc) is 1.83. The number of nitrogens with zero attached hydrogens (tertiary/aromatic N) is 1. The van der Waals surface area contributed by atoms with Gasteiger partial charge in [-0.05, 0) is 0 Å². The van der Waals surface area contributed by atoms with Gasteiger partial charge < -0.3 is 0 Å². The predicted molar refractivity (Wildman–Crippen MR) is 42.2 cm³/mol. The van der Waals surface area contributed by atoms with E-state index in [-0.39, 0.29) is 0 Å². The Balaban J connectivity index is 3.25. The first-order valence-corrected chi connectivity index (χ1v) is 4.17.